The lowest BCUT2D eigenvalue weighted by Gasteiger charge is -2.50. The SMILES string of the molecule is CC(=O)N1C[C@H](C(=O)Cc2ccc(C)cc2C)[C@@H](c2nnc(C3CC4(CCCCC4)C3)n2C2CC2)C1. The van der Waals surface area contributed by atoms with Crippen LogP contribution in [-0.2, 0) is 16.0 Å². The predicted octanol–water partition coefficient (Wildman–Crippen LogP) is 5.43. The van der Waals surface area contributed by atoms with Crippen molar-refractivity contribution < 1.29 is 9.59 Å². The Morgan fingerprint density at radius 2 is 1.72 bits per heavy atom. The van der Waals surface area contributed by atoms with Crippen LogP contribution in [0.3, 0.4) is 0 Å². The van der Waals surface area contributed by atoms with E-state index in [1.807, 2.05) is 4.90 Å². The van der Waals surface area contributed by atoms with E-state index in [1.165, 1.54) is 63.4 Å². The summed E-state index contributed by atoms with van der Waals surface area (Å²) in [5, 5.41) is 9.57. The van der Waals surface area contributed by atoms with Crippen LogP contribution in [0.25, 0.3) is 0 Å². The number of ketones is 1. The van der Waals surface area contributed by atoms with Crippen LogP contribution in [0.5, 0.6) is 0 Å². The number of hydrogen-bond donors (Lipinski definition) is 0. The number of amides is 1. The Morgan fingerprint density at radius 1 is 1.00 bits per heavy atom. The van der Waals surface area contributed by atoms with Crippen molar-refractivity contribution >= 4 is 11.7 Å². The number of hydrogen-bond acceptors (Lipinski definition) is 4. The Hall–Kier alpha value is -2.50. The van der Waals surface area contributed by atoms with Crippen LogP contribution in [0.15, 0.2) is 18.2 Å². The molecule has 1 aliphatic heterocycles. The van der Waals surface area contributed by atoms with E-state index in [0.717, 1.165) is 22.8 Å². The molecule has 0 N–H and O–H groups in total. The molecule has 6 nitrogen and oxygen atoms in total. The number of likely N-dealkylation sites (tertiary alicyclic amines) is 1. The second-order valence-corrected chi connectivity index (χ2v) is 12.4. The zero-order valence-electron chi connectivity index (χ0n) is 22.1. The van der Waals surface area contributed by atoms with Gasteiger partial charge in [-0.15, -0.1) is 10.2 Å². The molecule has 3 saturated carbocycles. The van der Waals surface area contributed by atoms with Crippen LogP contribution in [0.1, 0.15) is 111 Å². The molecule has 6 rings (SSSR count). The number of rotatable bonds is 6. The lowest BCUT2D eigenvalue weighted by molar-refractivity contribution is -0.128. The summed E-state index contributed by atoms with van der Waals surface area (Å²) >= 11 is 0. The fraction of sp³-hybridized carbons (Fsp3) is 0.667. The number of carbonyl (C=O) groups is 2. The van der Waals surface area contributed by atoms with E-state index in [0.29, 0.717) is 36.9 Å². The van der Waals surface area contributed by atoms with Crippen molar-refractivity contribution in [2.45, 2.75) is 103 Å². The van der Waals surface area contributed by atoms with Gasteiger partial charge in [-0.25, -0.2) is 0 Å². The monoisotopic (exact) mass is 488 g/mol. The van der Waals surface area contributed by atoms with Gasteiger partial charge in [0.1, 0.15) is 17.4 Å². The smallest absolute Gasteiger partial charge is 0.219 e. The number of aryl methyl sites for hydroxylation is 2. The average molecular weight is 489 g/mol. The Labute approximate surface area is 214 Å². The lowest BCUT2D eigenvalue weighted by Crippen LogP contribution is -2.38. The van der Waals surface area contributed by atoms with Crippen molar-refractivity contribution in [3.63, 3.8) is 0 Å². The number of Topliss-reactive ketones (excluding diaryl/α,β-unsaturated/α-hetero) is 1. The summed E-state index contributed by atoms with van der Waals surface area (Å²) in [5.74, 6) is 2.57. The van der Waals surface area contributed by atoms with Gasteiger partial charge in [-0.1, -0.05) is 43.0 Å². The number of nitrogens with zero attached hydrogens (tertiary/aromatic N) is 4. The van der Waals surface area contributed by atoms with Gasteiger partial charge in [-0.05, 0) is 68.9 Å². The minimum atomic E-state index is -0.227. The lowest BCUT2D eigenvalue weighted by atomic mass is 9.55. The summed E-state index contributed by atoms with van der Waals surface area (Å²) in [6, 6.07) is 6.77. The summed E-state index contributed by atoms with van der Waals surface area (Å²) in [5.41, 5.74) is 4.00. The second kappa shape index (κ2) is 9.11. The van der Waals surface area contributed by atoms with Crippen molar-refractivity contribution in [1.29, 1.82) is 0 Å². The summed E-state index contributed by atoms with van der Waals surface area (Å²) in [7, 11) is 0. The minimum Gasteiger partial charge on any atom is -0.341 e. The molecule has 4 aliphatic rings. The first kappa shape index (κ1) is 23.9. The largest absolute Gasteiger partial charge is 0.341 e. The van der Waals surface area contributed by atoms with Crippen LogP contribution < -0.4 is 0 Å². The highest BCUT2D eigenvalue weighted by molar-refractivity contribution is 5.86. The Balaban J connectivity index is 1.27. The first-order chi connectivity index (χ1) is 17.3. The molecule has 1 aromatic heterocycles. The molecule has 36 heavy (non-hydrogen) atoms. The highest BCUT2D eigenvalue weighted by atomic mass is 16.2. The maximum absolute atomic E-state index is 13.7. The Kier molecular flexibility index (Phi) is 6.04. The molecular formula is C30H40N4O2. The summed E-state index contributed by atoms with van der Waals surface area (Å²) in [6.07, 6.45) is 12.1. The predicted molar refractivity (Wildman–Crippen MR) is 139 cm³/mol. The van der Waals surface area contributed by atoms with Gasteiger partial charge >= 0.3 is 0 Å². The number of aromatic nitrogens is 3. The molecule has 3 aliphatic carbocycles. The van der Waals surface area contributed by atoms with Gasteiger partial charge < -0.3 is 9.47 Å². The minimum absolute atomic E-state index is 0.0396. The first-order valence-electron chi connectivity index (χ1n) is 14.1. The summed E-state index contributed by atoms with van der Waals surface area (Å²) < 4.78 is 2.42. The molecule has 192 valence electrons. The second-order valence-electron chi connectivity index (χ2n) is 12.4. The number of carbonyl (C=O) groups excluding carboxylic acids is 2. The standard InChI is InChI=1S/C30H40N4O2/c1-19-7-8-22(20(2)13-19)14-27(36)25-17-33(21(3)35)18-26(25)29-32-31-28(34(29)24-9-10-24)23-15-30(16-23)11-5-4-6-12-30/h7-8,13,23-26H,4-6,9-12,14-18H2,1-3H3/t25-,26-/m0/s1. The third-order valence-corrected chi connectivity index (χ3v) is 9.67. The molecule has 1 amide bonds. The van der Waals surface area contributed by atoms with Crippen molar-refractivity contribution in [3.05, 3.63) is 46.5 Å². The van der Waals surface area contributed by atoms with E-state index in [4.69, 9.17) is 10.2 Å². The molecule has 2 atom stereocenters. The molecule has 0 radical (unpaired) electrons. The van der Waals surface area contributed by atoms with E-state index in [1.54, 1.807) is 6.92 Å². The molecule has 0 bridgehead atoms. The van der Waals surface area contributed by atoms with Crippen LogP contribution in [0.4, 0.5) is 0 Å². The van der Waals surface area contributed by atoms with Crippen molar-refractivity contribution in [3.8, 4) is 0 Å². The van der Waals surface area contributed by atoms with Gasteiger partial charge in [0.15, 0.2) is 0 Å². The third-order valence-electron chi connectivity index (χ3n) is 9.67. The summed E-state index contributed by atoms with van der Waals surface area (Å²) in [4.78, 5) is 27.9. The van der Waals surface area contributed by atoms with E-state index in [9.17, 15) is 9.59 Å². The quantitative estimate of drug-likeness (QED) is 0.544. The fourth-order valence-corrected chi connectivity index (χ4v) is 7.44. The average Bonchev–Trinajstić information content (AvgIpc) is 3.41. The van der Waals surface area contributed by atoms with Crippen LogP contribution in [0.2, 0.25) is 0 Å². The Bertz CT molecular complexity index is 1170. The molecule has 2 heterocycles. The molecule has 1 spiro atoms. The highest BCUT2D eigenvalue weighted by Gasteiger charge is 2.49. The van der Waals surface area contributed by atoms with E-state index in [2.05, 4.69) is 36.6 Å². The summed E-state index contributed by atoms with van der Waals surface area (Å²) in [6.45, 7) is 6.83. The van der Waals surface area contributed by atoms with E-state index >= 15 is 0 Å². The fourth-order valence-electron chi connectivity index (χ4n) is 7.44. The van der Waals surface area contributed by atoms with Gasteiger partial charge in [-0.2, -0.15) is 0 Å². The van der Waals surface area contributed by atoms with Gasteiger partial charge in [0, 0.05) is 50.2 Å². The van der Waals surface area contributed by atoms with Gasteiger partial charge in [0.05, 0.1) is 0 Å². The van der Waals surface area contributed by atoms with Crippen LogP contribution in [0, 0.1) is 25.2 Å². The maximum atomic E-state index is 13.7. The molecule has 6 heteroatoms. The Morgan fingerprint density at radius 3 is 2.39 bits per heavy atom. The van der Waals surface area contributed by atoms with E-state index < -0.39 is 0 Å². The molecule has 0 unspecified atom stereocenters. The normalized spacial score (nSPS) is 25.8. The zero-order chi connectivity index (χ0) is 25.0. The van der Waals surface area contributed by atoms with E-state index in [-0.39, 0.29) is 23.5 Å². The van der Waals surface area contributed by atoms with Crippen LogP contribution >= 0.6 is 0 Å². The van der Waals surface area contributed by atoms with Crippen molar-refractivity contribution in [2.75, 3.05) is 13.1 Å². The van der Waals surface area contributed by atoms with Gasteiger partial charge in [0.25, 0.3) is 0 Å². The molecule has 1 aromatic carbocycles. The molecule has 2 aromatic rings. The van der Waals surface area contributed by atoms with Crippen LogP contribution in [-0.4, -0.2) is 44.4 Å². The molecule has 4 fully saturated rings. The van der Waals surface area contributed by atoms with Gasteiger partial charge in [0.2, 0.25) is 5.91 Å². The third kappa shape index (κ3) is 4.31. The zero-order valence-corrected chi connectivity index (χ0v) is 22.1. The van der Waals surface area contributed by atoms with Crippen molar-refractivity contribution in [1.82, 2.24) is 19.7 Å². The van der Waals surface area contributed by atoms with Gasteiger partial charge in [-0.3, -0.25) is 9.59 Å². The number of benzene rings is 1. The highest BCUT2D eigenvalue weighted by Crippen LogP contribution is 2.59. The molecular weight excluding hydrogens is 448 g/mol. The topological polar surface area (TPSA) is 68.1 Å². The molecule has 1 saturated heterocycles. The maximum Gasteiger partial charge on any atom is 0.219 e. The first-order valence-corrected chi connectivity index (χ1v) is 14.1. The van der Waals surface area contributed by atoms with Crippen molar-refractivity contribution in [2.24, 2.45) is 11.3 Å².